The van der Waals surface area contributed by atoms with Gasteiger partial charge >= 0.3 is 0 Å². The number of carbonyl (C=O) groups is 1. The molecular weight excluding hydrogens is 398 g/mol. The highest BCUT2D eigenvalue weighted by molar-refractivity contribution is 7.89. The minimum atomic E-state index is -3.55. The Morgan fingerprint density at radius 1 is 1.00 bits per heavy atom. The van der Waals surface area contributed by atoms with Crippen LogP contribution in [0.1, 0.15) is 23.6 Å². The maximum Gasteiger partial charge on any atom is 0.243 e. The van der Waals surface area contributed by atoms with Crippen LogP contribution in [0.2, 0.25) is 0 Å². The van der Waals surface area contributed by atoms with Crippen LogP contribution in [0.3, 0.4) is 0 Å². The number of amides is 1. The van der Waals surface area contributed by atoms with Crippen molar-refractivity contribution in [2.45, 2.75) is 32.2 Å². The first-order chi connectivity index (χ1) is 14.3. The van der Waals surface area contributed by atoms with E-state index in [0.717, 1.165) is 24.2 Å². The number of aryl methyl sites for hydroxylation is 2. The second kappa shape index (κ2) is 9.73. The monoisotopic (exact) mass is 429 g/mol. The van der Waals surface area contributed by atoms with E-state index >= 15 is 0 Å². The van der Waals surface area contributed by atoms with E-state index in [1.807, 2.05) is 51.1 Å². The van der Waals surface area contributed by atoms with Crippen LogP contribution in [0.4, 0.5) is 0 Å². The number of sulfonamides is 1. The summed E-state index contributed by atoms with van der Waals surface area (Å²) in [6, 6.07) is 15.6. The summed E-state index contributed by atoms with van der Waals surface area (Å²) < 4.78 is 27.7. The van der Waals surface area contributed by atoms with Gasteiger partial charge < -0.3 is 4.90 Å². The van der Waals surface area contributed by atoms with Crippen LogP contribution in [-0.4, -0.2) is 67.7 Å². The molecule has 3 rings (SSSR count). The smallest absolute Gasteiger partial charge is 0.243 e. The minimum absolute atomic E-state index is 0.0524. The van der Waals surface area contributed by atoms with Gasteiger partial charge in [-0.05, 0) is 43.1 Å². The van der Waals surface area contributed by atoms with Gasteiger partial charge in [0, 0.05) is 32.7 Å². The van der Waals surface area contributed by atoms with Crippen molar-refractivity contribution in [2.75, 3.05) is 39.3 Å². The number of piperazine rings is 1. The Morgan fingerprint density at radius 2 is 1.67 bits per heavy atom. The maximum absolute atomic E-state index is 13.1. The fraction of sp³-hybridized carbons (Fsp3) is 0.435. The van der Waals surface area contributed by atoms with Crippen molar-refractivity contribution < 1.29 is 13.2 Å². The molecule has 0 radical (unpaired) electrons. The highest BCUT2D eigenvalue weighted by atomic mass is 32.2. The Kier molecular flexibility index (Phi) is 7.28. The fourth-order valence-corrected chi connectivity index (χ4v) is 5.45. The summed E-state index contributed by atoms with van der Waals surface area (Å²) in [4.78, 5) is 17.1. The number of likely N-dealkylation sites (N-methyl/N-ethyl adjacent to an activating group) is 1. The highest BCUT2D eigenvalue weighted by Crippen LogP contribution is 2.22. The number of carbonyl (C=O) groups excluding carboxylic acids is 1. The molecule has 0 aliphatic carbocycles. The van der Waals surface area contributed by atoms with Crippen LogP contribution in [0.5, 0.6) is 0 Å². The molecule has 1 aliphatic heterocycles. The van der Waals surface area contributed by atoms with E-state index in [2.05, 4.69) is 17.0 Å². The fourth-order valence-electron chi connectivity index (χ4n) is 3.71. The molecule has 2 aromatic rings. The molecule has 0 aromatic heterocycles. The molecule has 0 atom stereocenters. The van der Waals surface area contributed by atoms with Gasteiger partial charge in [0.2, 0.25) is 15.9 Å². The van der Waals surface area contributed by atoms with Crippen molar-refractivity contribution in [2.24, 2.45) is 0 Å². The van der Waals surface area contributed by atoms with E-state index < -0.39 is 10.0 Å². The zero-order chi connectivity index (χ0) is 21.7. The Balaban J connectivity index is 1.59. The number of rotatable bonds is 7. The van der Waals surface area contributed by atoms with Gasteiger partial charge in [-0.2, -0.15) is 4.31 Å². The van der Waals surface area contributed by atoms with Crippen LogP contribution < -0.4 is 0 Å². The normalized spacial score (nSPS) is 15.5. The standard InChI is InChI=1S/C23H31N3O3S/c1-4-24(17-21-8-6-5-7-9-21)18-23(27)25-12-14-26(15-13-25)30(28,29)22-16-19(2)10-11-20(22)3/h5-11,16H,4,12-15,17-18H2,1-3H3. The second-order valence-corrected chi connectivity index (χ2v) is 9.75. The second-order valence-electron chi connectivity index (χ2n) is 7.84. The van der Waals surface area contributed by atoms with E-state index in [1.165, 1.54) is 9.87 Å². The van der Waals surface area contributed by atoms with Crippen LogP contribution in [-0.2, 0) is 21.4 Å². The van der Waals surface area contributed by atoms with Gasteiger partial charge in [-0.1, -0.05) is 49.4 Å². The van der Waals surface area contributed by atoms with Crippen LogP contribution in [0, 0.1) is 13.8 Å². The third-order valence-electron chi connectivity index (χ3n) is 5.61. The summed E-state index contributed by atoms with van der Waals surface area (Å²) >= 11 is 0. The van der Waals surface area contributed by atoms with Crippen molar-refractivity contribution in [1.29, 1.82) is 0 Å². The van der Waals surface area contributed by atoms with Crippen LogP contribution in [0.15, 0.2) is 53.4 Å². The molecule has 0 bridgehead atoms. The van der Waals surface area contributed by atoms with Crippen molar-refractivity contribution in [3.05, 3.63) is 65.2 Å². The van der Waals surface area contributed by atoms with Crippen molar-refractivity contribution in [1.82, 2.24) is 14.1 Å². The van der Waals surface area contributed by atoms with E-state index in [-0.39, 0.29) is 5.91 Å². The molecule has 30 heavy (non-hydrogen) atoms. The molecule has 7 heteroatoms. The molecule has 1 heterocycles. The Labute approximate surface area is 180 Å². The van der Waals surface area contributed by atoms with Crippen molar-refractivity contribution >= 4 is 15.9 Å². The first-order valence-corrected chi connectivity index (χ1v) is 11.9. The van der Waals surface area contributed by atoms with Gasteiger partial charge in [0.05, 0.1) is 11.4 Å². The van der Waals surface area contributed by atoms with Gasteiger partial charge in [-0.15, -0.1) is 0 Å². The van der Waals surface area contributed by atoms with E-state index in [0.29, 0.717) is 37.6 Å². The molecule has 1 saturated heterocycles. The number of benzene rings is 2. The molecule has 1 amide bonds. The minimum Gasteiger partial charge on any atom is -0.339 e. The van der Waals surface area contributed by atoms with E-state index in [4.69, 9.17) is 0 Å². The lowest BCUT2D eigenvalue weighted by atomic mass is 10.2. The lowest BCUT2D eigenvalue weighted by molar-refractivity contribution is -0.133. The Bertz CT molecular complexity index is 968. The Hall–Kier alpha value is -2.22. The van der Waals surface area contributed by atoms with Gasteiger partial charge in [0.15, 0.2) is 0 Å². The molecule has 0 spiro atoms. The molecule has 0 saturated carbocycles. The molecule has 0 unspecified atom stereocenters. The quantitative estimate of drug-likeness (QED) is 0.679. The number of hydrogen-bond acceptors (Lipinski definition) is 4. The van der Waals surface area contributed by atoms with Gasteiger partial charge in [-0.3, -0.25) is 9.69 Å². The lowest BCUT2D eigenvalue weighted by Gasteiger charge is -2.35. The highest BCUT2D eigenvalue weighted by Gasteiger charge is 2.31. The SMILES string of the molecule is CCN(CC(=O)N1CCN(S(=O)(=O)c2cc(C)ccc2C)CC1)Cc1ccccc1. The zero-order valence-corrected chi connectivity index (χ0v) is 18.9. The first kappa shape index (κ1) is 22.5. The molecule has 1 fully saturated rings. The maximum atomic E-state index is 13.1. The van der Waals surface area contributed by atoms with Gasteiger partial charge in [0.25, 0.3) is 0 Å². The predicted octanol–water partition coefficient (Wildman–Crippen LogP) is 2.66. The summed E-state index contributed by atoms with van der Waals surface area (Å²) in [6.07, 6.45) is 0. The first-order valence-electron chi connectivity index (χ1n) is 10.4. The topological polar surface area (TPSA) is 60.9 Å². The molecule has 2 aromatic carbocycles. The third kappa shape index (κ3) is 5.28. The average molecular weight is 430 g/mol. The molecular formula is C23H31N3O3S. The van der Waals surface area contributed by atoms with Gasteiger partial charge in [0.1, 0.15) is 0 Å². The zero-order valence-electron chi connectivity index (χ0n) is 18.0. The summed E-state index contributed by atoms with van der Waals surface area (Å²) in [6.45, 7) is 9.10. The summed E-state index contributed by atoms with van der Waals surface area (Å²) in [5, 5.41) is 0. The van der Waals surface area contributed by atoms with Gasteiger partial charge in [-0.25, -0.2) is 8.42 Å². The summed E-state index contributed by atoms with van der Waals surface area (Å²) in [5.41, 5.74) is 2.85. The molecule has 1 aliphatic rings. The van der Waals surface area contributed by atoms with Crippen LogP contribution >= 0.6 is 0 Å². The molecule has 6 nitrogen and oxygen atoms in total. The van der Waals surface area contributed by atoms with Crippen LogP contribution in [0.25, 0.3) is 0 Å². The third-order valence-corrected chi connectivity index (χ3v) is 7.65. The Morgan fingerprint density at radius 3 is 2.30 bits per heavy atom. The average Bonchev–Trinajstić information content (AvgIpc) is 2.75. The molecule has 162 valence electrons. The number of hydrogen-bond donors (Lipinski definition) is 0. The van der Waals surface area contributed by atoms with E-state index in [1.54, 1.807) is 11.0 Å². The summed E-state index contributed by atoms with van der Waals surface area (Å²) in [5.74, 6) is 0.0524. The largest absolute Gasteiger partial charge is 0.339 e. The lowest BCUT2D eigenvalue weighted by Crippen LogP contribution is -2.52. The molecule has 0 N–H and O–H groups in total. The van der Waals surface area contributed by atoms with E-state index in [9.17, 15) is 13.2 Å². The summed E-state index contributed by atoms with van der Waals surface area (Å²) in [7, 11) is -3.55. The predicted molar refractivity (Wildman–Crippen MR) is 119 cm³/mol. The number of nitrogens with zero attached hydrogens (tertiary/aromatic N) is 3. The van der Waals surface area contributed by atoms with Crippen molar-refractivity contribution in [3.63, 3.8) is 0 Å². The van der Waals surface area contributed by atoms with Crippen molar-refractivity contribution in [3.8, 4) is 0 Å².